The molecule has 1 aromatic rings. The van der Waals surface area contributed by atoms with Crippen LogP contribution in [0.3, 0.4) is 0 Å². The molecule has 2 aliphatic rings. The van der Waals surface area contributed by atoms with Gasteiger partial charge in [-0.2, -0.15) is 4.31 Å². The third kappa shape index (κ3) is 3.11. The molecule has 0 aliphatic carbocycles. The van der Waals surface area contributed by atoms with Crippen molar-refractivity contribution in [2.45, 2.75) is 49.1 Å². The smallest absolute Gasteiger partial charge is 0.289 e. The van der Waals surface area contributed by atoms with Gasteiger partial charge in [-0.3, -0.25) is 10.1 Å². The fourth-order valence-corrected chi connectivity index (χ4v) is 5.51. The lowest BCUT2D eigenvalue weighted by Gasteiger charge is -2.38. The average Bonchev–Trinajstić information content (AvgIpc) is 3.09. The predicted molar refractivity (Wildman–Crippen MR) is 85.7 cm³/mol. The summed E-state index contributed by atoms with van der Waals surface area (Å²) in [7, 11) is -3.87. The summed E-state index contributed by atoms with van der Waals surface area (Å²) >= 11 is 0. The minimum absolute atomic E-state index is 0.115. The first kappa shape index (κ1) is 16.4. The standard InChI is InChI=1S/C15H21N3O4S/c19-18(20)14-8-1-2-9-15(14)23(21,22)17-11-4-3-7-13(17)12-6-5-10-16-12/h1-2,8-9,12-13,16H,3-7,10-11H2. The molecule has 1 aromatic carbocycles. The number of rotatable bonds is 4. The van der Waals surface area contributed by atoms with Crippen molar-refractivity contribution in [1.29, 1.82) is 0 Å². The molecule has 7 nitrogen and oxygen atoms in total. The van der Waals surface area contributed by atoms with Crippen LogP contribution in [0.25, 0.3) is 0 Å². The number of hydrogen-bond donors (Lipinski definition) is 1. The monoisotopic (exact) mass is 339 g/mol. The van der Waals surface area contributed by atoms with E-state index in [0.29, 0.717) is 6.54 Å². The van der Waals surface area contributed by atoms with Crippen LogP contribution >= 0.6 is 0 Å². The Labute approximate surface area is 135 Å². The molecule has 2 heterocycles. The van der Waals surface area contributed by atoms with Crippen LogP contribution in [0.2, 0.25) is 0 Å². The molecule has 2 aliphatic heterocycles. The number of para-hydroxylation sites is 1. The van der Waals surface area contributed by atoms with Crippen molar-refractivity contribution >= 4 is 15.7 Å². The Bertz CT molecular complexity index is 686. The summed E-state index contributed by atoms with van der Waals surface area (Å²) in [6, 6.07) is 5.64. The van der Waals surface area contributed by atoms with Crippen molar-refractivity contribution in [2.75, 3.05) is 13.1 Å². The predicted octanol–water partition coefficient (Wildman–Crippen LogP) is 1.89. The summed E-state index contributed by atoms with van der Waals surface area (Å²) < 4.78 is 27.6. The van der Waals surface area contributed by atoms with Gasteiger partial charge in [-0.15, -0.1) is 0 Å². The van der Waals surface area contributed by atoms with Crippen molar-refractivity contribution in [3.63, 3.8) is 0 Å². The van der Waals surface area contributed by atoms with E-state index in [9.17, 15) is 18.5 Å². The molecule has 2 fully saturated rings. The summed E-state index contributed by atoms with van der Waals surface area (Å²) in [5.74, 6) is 0. The number of hydrogen-bond acceptors (Lipinski definition) is 5. The highest BCUT2D eigenvalue weighted by Crippen LogP contribution is 2.33. The van der Waals surface area contributed by atoms with E-state index in [2.05, 4.69) is 5.32 Å². The van der Waals surface area contributed by atoms with Crippen molar-refractivity contribution in [3.05, 3.63) is 34.4 Å². The number of nitro benzene ring substituents is 1. The average molecular weight is 339 g/mol. The van der Waals surface area contributed by atoms with Gasteiger partial charge in [0.2, 0.25) is 10.0 Å². The van der Waals surface area contributed by atoms with Crippen molar-refractivity contribution < 1.29 is 13.3 Å². The second-order valence-corrected chi connectivity index (χ2v) is 7.97. The molecular weight excluding hydrogens is 318 g/mol. The molecule has 0 radical (unpaired) electrons. The number of piperidine rings is 1. The number of sulfonamides is 1. The van der Waals surface area contributed by atoms with Crippen LogP contribution in [-0.4, -0.2) is 42.8 Å². The van der Waals surface area contributed by atoms with Crippen LogP contribution in [0.15, 0.2) is 29.2 Å². The normalized spacial score (nSPS) is 26.3. The first-order chi connectivity index (χ1) is 11.0. The Morgan fingerprint density at radius 3 is 2.65 bits per heavy atom. The highest BCUT2D eigenvalue weighted by molar-refractivity contribution is 7.89. The van der Waals surface area contributed by atoms with E-state index >= 15 is 0 Å². The molecule has 2 unspecified atom stereocenters. The Morgan fingerprint density at radius 1 is 1.17 bits per heavy atom. The van der Waals surface area contributed by atoms with Gasteiger partial charge in [0.1, 0.15) is 0 Å². The van der Waals surface area contributed by atoms with Crippen LogP contribution in [-0.2, 0) is 10.0 Å². The van der Waals surface area contributed by atoms with E-state index < -0.39 is 14.9 Å². The van der Waals surface area contributed by atoms with Crippen LogP contribution < -0.4 is 5.32 Å². The molecule has 23 heavy (non-hydrogen) atoms. The number of nitro groups is 1. The molecule has 1 N–H and O–H groups in total. The first-order valence-corrected chi connectivity index (χ1v) is 9.44. The van der Waals surface area contributed by atoms with Gasteiger partial charge in [-0.25, -0.2) is 8.42 Å². The fourth-order valence-electron chi connectivity index (χ4n) is 3.62. The van der Waals surface area contributed by atoms with Crippen LogP contribution in [0.4, 0.5) is 5.69 Å². The Hall–Kier alpha value is -1.51. The molecule has 0 aromatic heterocycles. The maximum absolute atomic E-state index is 13.1. The molecule has 2 atom stereocenters. The maximum atomic E-state index is 13.1. The lowest BCUT2D eigenvalue weighted by atomic mass is 9.97. The summed E-state index contributed by atoms with van der Waals surface area (Å²) in [5, 5.41) is 14.6. The molecule has 126 valence electrons. The zero-order chi connectivity index (χ0) is 16.4. The fraction of sp³-hybridized carbons (Fsp3) is 0.600. The molecule has 3 rings (SSSR count). The van der Waals surface area contributed by atoms with Gasteiger partial charge in [0, 0.05) is 24.7 Å². The molecule has 0 amide bonds. The highest BCUT2D eigenvalue weighted by atomic mass is 32.2. The van der Waals surface area contributed by atoms with Crippen LogP contribution in [0, 0.1) is 10.1 Å². The topological polar surface area (TPSA) is 92.5 Å². The Morgan fingerprint density at radius 2 is 1.96 bits per heavy atom. The van der Waals surface area contributed by atoms with Gasteiger partial charge >= 0.3 is 0 Å². The van der Waals surface area contributed by atoms with Crippen molar-refractivity contribution in [3.8, 4) is 0 Å². The van der Waals surface area contributed by atoms with E-state index in [4.69, 9.17) is 0 Å². The minimum atomic E-state index is -3.87. The summed E-state index contributed by atoms with van der Waals surface area (Å²) in [5.41, 5.74) is -0.351. The quantitative estimate of drug-likeness (QED) is 0.668. The summed E-state index contributed by atoms with van der Waals surface area (Å²) in [6.07, 6.45) is 4.58. The zero-order valence-electron chi connectivity index (χ0n) is 12.8. The maximum Gasteiger partial charge on any atom is 0.289 e. The van der Waals surface area contributed by atoms with Crippen LogP contribution in [0.5, 0.6) is 0 Å². The zero-order valence-corrected chi connectivity index (χ0v) is 13.7. The lowest BCUT2D eigenvalue weighted by molar-refractivity contribution is -0.387. The number of benzene rings is 1. The van der Waals surface area contributed by atoms with Crippen molar-refractivity contribution in [1.82, 2.24) is 9.62 Å². The number of nitrogens with one attached hydrogen (secondary N) is 1. The molecule has 0 bridgehead atoms. The van der Waals surface area contributed by atoms with Gasteiger partial charge < -0.3 is 5.32 Å². The second-order valence-electron chi connectivity index (χ2n) is 6.11. The van der Waals surface area contributed by atoms with Gasteiger partial charge in [0.15, 0.2) is 4.90 Å². The first-order valence-electron chi connectivity index (χ1n) is 8.00. The molecule has 8 heteroatoms. The van der Waals surface area contributed by atoms with Gasteiger partial charge in [0.25, 0.3) is 5.69 Å². The van der Waals surface area contributed by atoms with E-state index in [1.54, 1.807) is 0 Å². The van der Waals surface area contributed by atoms with E-state index in [1.165, 1.54) is 28.6 Å². The van der Waals surface area contributed by atoms with Gasteiger partial charge in [-0.05, 0) is 38.3 Å². The van der Waals surface area contributed by atoms with E-state index in [1.807, 2.05) is 0 Å². The SMILES string of the molecule is O=[N+]([O-])c1ccccc1S(=O)(=O)N1CCCCC1C1CCCN1. The second kappa shape index (κ2) is 6.54. The Balaban J connectivity index is 1.98. The summed E-state index contributed by atoms with van der Waals surface area (Å²) in [4.78, 5) is 10.4. The lowest BCUT2D eigenvalue weighted by Crippen LogP contribution is -2.52. The van der Waals surface area contributed by atoms with Crippen LogP contribution in [0.1, 0.15) is 32.1 Å². The third-order valence-electron chi connectivity index (χ3n) is 4.71. The number of nitrogens with zero attached hydrogens (tertiary/aromatic N) is 2. The minimum Gasteiger partial charge on any atom is -0.312 e. The highest BCUT2D eigenvalue weighted by Gasteiger charge is 2.40. The molecule has 0 saturated carbocycles. The van der Waals surface area contributed by atoms with Crippen molar-refractivity contribution in [2.24, 2.45) is 0 Å². The molecular formula is C15H21N3O4S. The van der Waals surface area contributed by atoms with E-state index in [0.717, 1.165) is 38.6 Å². The molecule has 0 spiro atoms. The van der Waals surface area contributed by atoms with E-state index in [-0.39, 0.29) is 22.7 Å². The summed E-state index contributed by atoms with van der Waals surface area (Å²) in [6.45, 7) is 1.33. The van der Waals surface area contributed by atoms with Gasteiger partial charge in [-0.1, -0.05) is 18.6 Å². The Kier molecular flexibility index (Phi) is 4.65. The van der Waals surface area contributed by atoms with Gasteiger partial charge in [0.05, 0.1) is 4.92 Å². The third-order valence-corrected chi connectivity index (χ3v) is 6.68. The largest absolute Gasteiger partial charge is 0.312 e. The molecule has 2 saturated heterocycles.